The van der Waals surface area contributed by atoms with Crippen molar-refractivity contribution in [3.63, 3.8) is 0 Å². The number of amides is 1. The first kappa shape index (κ1) is 11.0. The van der Waals surface area contributed by atoms with Crippen LogP contribution in [0.5, 0.6) is 5.19 Å². The molecule has 0 bridgehead atoms. The Labute approximate surface area is 104 Å². The number of aromatic nitrogens is 1. The van der Waals surface area contributed by atoms with Crippen LogP contribution in [0.4, 0.5) is 0 Å². The van der Waals surface area contributed by atoms with Gasteiger partial charge < -0.3 is 10.1 Å². The van der Waals surface area contributed by atoms with E-state index in [1.165, 1.54) is 23.4 Å². The second-order valence-electron chi connectivity index (χ2n) is 4.60. The molecule has 5 heteroatoms. The molecule has 1 amide bonds. The summed E-state index contributed by atoms with van der Waals surface area (Å²) < 4.78 is 5.72. The number of hydrogen-bond acceptors (Lipinski definition) is 4. The molecule has 17 heavy (non-hydrogen) atoms. The maximum Gasteiger partial charge on any atom is 0.274 e. The fraction of sp³-hybridized carbons (Fsp3) is 0.667. The molecule has 1 atom stereocenters. The van der Waals surface area contributed by atoms with Gasteiger partial charge in [-0.05, 0) is 38.5 Å². The molecule has 0 saturated carbocycles. The summed E-state index contributed by atoms with van der Waals surface area (Å²) >= 11 is 1.62. The average Bonchev–Trinajstić information content (AvgIpc) is 2.74. The van der Waals surface area contributed by atoms with E-state index in [0.717, 1.165) is 32.2 Å². The molecule has 1 aliphatic heterocycles. The molecule has 2 aliphatic rings. The van der Waals surface area contributed by atoms with Gasteiger partial charge in [0, 0.05) is 11.4 Å². The second kappa shape index (κ2) is 4.64. The number of nitrogens with zero attached hydrogens (tertiary/aromatic N) is 1. The van der Waals surface area contributed by atoms with Crippen LogP contribution in [-0.2, 0) is 17.6 Å². The number of fused-ring (bicyclic) bond motifs is 1. The molecule has 1 aromatic rings. The molecule has 0 radical (unpaired) electrons. The number of aryl methyl sites for hydroxylation is 2. The fourth-order valence-corrected chi connectivity index (χ4v) is 3.40. The SMILES string of the molecule is O=C1NCCCC1Oc1nc2c(s1)CCCC2. The van der Waals surface area contributed by atoms with Gasteiger partial charge in [-0.3, -0.25) is 4.79 Å². The number of carbonyl (C=O) groups is 1. The van der Waals surface area contributed by atoms with Gasteiger partial charge in [-0.15, -0.1) is 0 Å². The third-order valence-corrected chi connectivity index (χ3v) is 4.35. The monoisotopic (exact) mass is 252 g/mol. The normalized spacial score (nSPS) is 24.0. The molecule has 3 rings (SSSR count). The van der Waals surface area contributed by atoms with Crippen molar-refractivity contribution in [1.82, 2.24) is 10.3 Å². The van der Waals surface area contributed by atoms with Crippen molar-refractivity contribution in [3.05, 3.63) is 10.6 Å². The van der Waals surface area contributed by atoms with Gasteiger partial charge in [0.05, 0.1) is 5.69 Å². The Balaban J connectivity index is 1.71. The van der Waals surface area contributed by atoms with E-state index in [2.05, 4.69) is 10.3 Å². The van der Waals surface area contributed by atoms with Crippen molar-refractivity contribution in [2.75, 3.05) is 6.54 Å². The van der Waals surface area contributed by atoms with Crippen LogP contribution in [0.1, 0.15) is 36.3 Å². The lowest BCUT2D eigenvalue weighted by Crippen LogP contribution is -2.43. The van der Waals surface area contributed by atoms with Crippen molar-refractivity contribution >= 4 is 17.2 Å². The molecule has 1 aliphatic carbocycles. The van der Waals surface area contributed by atoms with E-state index in [4.69, 9.17) is 4.74 Å². The van der Waals surface area contributed by atoms with Crippen molar-refractivity contribution in [3.8, 4) is 5.19 Å². The van der Waals surface area contributed by atoms with E-state index < -0.39 is 0 Å². The average molecular weight is 252 g/mol. The first-order chi connectivity index (χ1) is 8.33. The van der Waals surface area contributed by atoms with Crippen LogP contribution in [0.3, 0.4) is 0 Å². The van der Waals surface area contributed by atoms with Crippen molar-refractivity contribution in [1.29, 1.82) is 0 Å². The van der Waals surface area contributed by atoms with Crippen LogP contribution >= 0.6 is 11.3 Å². The zero-order valence-electron chi connectivity index (χ0n) is 9.70. The van der Waals surface area contributed by atoms with Crippen LogP contribution in [-0.4, -0.2) is 23.5 Å². The molecule has 1 fully saturated rings. The van der Waals surface area contributed by atoms with E-state index in [0.29, 0.717) is 5.19 Å². The Bertz CT molecular complexity index is 407. The van der Waals surface area contributed by atoms with E-state index in [-0.39, 0.29) is 12.0 Å². The Hall–Kier alpha value is -1.10. The van der Waals surface area contributed by atoms with Gasteiger partial charge >= 0.3 is 0 Å². The molecule has 0 aromatic carbocycles. The Morgan fingerprint density at radius 1 is 1.29 bits per heavy atom. The Morgan fingerprint density at radius 3 is 3.00 bits per heavy atom. The maximum atomic E-state index is 11.6. The summed E-state index contributed by atoms with van der Waals surface area (Å²) in [4.78, 5) is 17.4. The third kappa shape index (κ3) is 2.29. The molecule has 1 aromatic heterocycles. The minimum atomic E-state index is -0.337. The summed E-state index contributed by atoms with van der Waals surface area (Å²) in [5.74, 6) is 0.00409. The van der Waals surface area contributed by atoms with Crippen molar-refractivity contribution in [2.24, 2.45) is 0 Å². The minimum Gasteiger partial charge on any atom is -0.457 e. The van der Waals surface area contributed by atoms with E-state index in [1.54, 1.807) is 11.3 Å². The van der Waals surface area contributed by atoms with Crippen LogP contribution < -0.4 is 10.1 Å². The molecule has 2 heterocycles. The highest BCUT2D eigenvalue weighted by Crippen LogP contribution is 2.31. The molecule has 92 valence electrons. The van der Waals surface area contributed by atoms with Crippen molar-refractivity contribution < 1.29 is 9.53 Å². The lowest BCUT2D eigenvalue weighted by molar-refractivity contribution is -0.129. The second-order valence-corrected chi connectivity index (χ2v) is 5.64. The van der Waals surface area contributed by atoms with Gasteiger partial charge in [-0.1, -0.05) is 11.3 Å². The van der Waals surface area contributed by atoms with Gasteiger partial charge in [0.1, 0.15) is 0 Å². The summed E-state index contributed by atoms with van der Waals surface area (Å²) in [6.07, 6.45) is 6.10. The van der Waals surface area contributed by atoms with Gasteiger partial charge in [0.25, 0.3) is 11.1 Å². The highest BCUT2D eigenvalue weighted by atomic mass is 32.1. The van der Waals surface area contributed by atoms with E-state index >= 15 is 0 Å². The third-order valence-electron chi connectivity index (χ3n) is 3.30. The predicted octanol–water partition coefficient (Wildman–Crippen LogP) is 1.68. The van der Waals surface area contributed by atoms with Gasteiger partial charge in [-0.2, -0.15) is 0 Å². The van der Waals surface area contributed by atoms with E-state index in [1.807, 2.05) is 0 Å². The van der Waals surface area contributed by atoms with Crippen LogP contribution in [0, 0.1) is 0 Å². The minimum absolute atomic E-state index is 0.00409. The first-order valence-corrected chi connectivity index (χ1v) is 7.07. The van der Waals surface area contributed by atoms with E-state index in [9.17, 15) is 4.79 Å². The lowest BCUT2D eigenvalue weighted by atomic mass is 10.0. The molecule has 0 spiro atoms. The highest BCUT2D eigenvalue weighted by molar-refractivity contribution is 7.13. The molecule has 4 nitrogen and oxygen atoms in total. The Morgan fingerprint density at radius 2 is 2.18 bits per heavy atom. The van der Waals surface area contributed by atoms with Crippen LogP contribution in [0.25, 0.3) is 0 Å². The quantitative estimate of drug-likeness (QED) is 0.871. The topological polar surface area (TPSA) is 51.2 Å². The lowest BCUT2D eigenvalue weighted by Gasteiger charge is -2.21. The van der Waals surface area contributed by atoms with Gasteiger partial charge in [-0.25, -0.2) is 4.98 Å². The number of rotatable bonds is 2. The zero-order valence-corrected chi connectivity index (χ0v) is 10.5. The molecule has 1 N–H and O–H groups in total. The Kier molecular flexibility index (Phi) is 3.01. The summed E-state index contributed by atoms with van der Waals surface area (Å²) in [6, 6.07) is 0. The summed E-state index contributed by atoms with van der Waals surface area (Å²) in [5, 5.41) is 3.51. The number of piperidine rings is 1. The van der Waals surface area contributed by atoms with Crippen molar-refractivity contribution in [2.45, 2.75) is 44.6 Å². The summed E-state index contributed by atoms with van der Waals surface area (Å²) in [7, 11) is 0. The first-order valence-electron chi connectivity index (χ1n) is 6.26. The number of thiazole rings is 1. The number of hydrogen-bond donors (Lipinski definition) is 1. The molecular formula is C12H16N2O2S. The standard InChI is InChI=1S/C12H16N2O2S/c15-11-9(5-3-7-13-11)16-12-14-8-4-1-2-6-10(8)17-12/h9H,1-7H2,(H,13,15). The van der Waals surface area contributed by atoms with Gasteiger partial charge in [0.2, 0.25) is 0 Å². The van der Waals surface area contributed by atoms with Gasteiger partial charge in [0.15, 0.2) is 6.10 Å². The highest BCUT2D eigenvalue weighted by Gasteiger charge is 2.25. The molecular weight excluding hydrogens is 236 g/mol. The largest absolute Gasteiger partial charge is 0.457 e. The fourth-order valence-electron chi connectivity index (χ4n) is 2.36. The van der Waals surface area contributed by atoms with Crippen LogP contribution in [0.2, 0.25) is 0 Å². The number of nitrogens with one attached hydrogen (secondary N) is 1. The molecule has 1 saturated heterocycles. The smallest absolute Gasteiger partial charge is 0.274 e. The number of carbonyl (C=O) groups excluding carboxylic acids is 1. The van der Waals surface area contributed by atoms with Crippen LogP contribution in [0.15, 0.2) is 0 Å². The summed E-state index contributed by atoms with van der Waals surface area (Å²) in [5.41, 5.74) is 1.19. The predicted molar refractivity (Wildman–Crippen MR) is 65.4 cm³/mol. The maximum absolute atomic E-state index is 11.6. The summed E-state index contributed by atoms with van der Waals surface area (Å²) in [6.45, 7) is 0.771. The zero-order chi connectivity index (χ0) is 11.7. The molecule has 1 unspecified atom stereocenters. The number of ether oxygens (including phenoxy) is 1.